The van der Waals surface area contributed by atoms with Crippen LogP contribution in [0.25, 0.3) is 0 Å². The molecule has 8 heteroatoms. The number of benzene rings is 1. The summed E-state index contributed by atoms with van der Waals surface area (Å²) in [6, 6.07) is 5.26. The van der Waals surface area contributed by atoms with Crippen molar-refractivity contribution < 1.29 is 13.2 Å². The molecular weight excluding hydrogens is 407 g/mol. The maximum absolute atomic E-state index is 12.8. The van der Waals surface area contributed by atoms with Gasteiger partial charge in [-0.25, -0.2) is 12.7 Å². The Bertz CT molecular complexity index is 751. The monoisotopic (exact) mass is 432 g/mol. The van der Waals surface area contributed by atoms with Gasteiger partial charge in [-0.05, 0) is 37.8 Å². The number of rotatable bonds is 5. The number of amides is 1. The Morgan fingerprint density at radius 3 is 2.22 bits per heavy atom. The van der Waals surface area contributed by atoms with Crippen LogP contribution in [0, 0.1) is 5.92 Å². The van der Waals surface area contributed by atoms with E-state index in [1.54, 1.807) is 18.2 Å². The van der Waals surface area contributed by atoms with E-state index in [1.165, 1.54) is 23.6 Å². The molecule has 0 radical (unpaired) electrons. The lowest BCUT2D eigenvalue weighted by molar-refractivity contribution is -0.127. The summed E-state index contributed by atoms with van der Waals surface area (Å²) in [4.78, 5) is 12.5. The van der Waals surface area contributed by atoms with Crippen molar-refractivity contribution in [3.8, 4) is 0 Å². The number of carbonyl (C=O) groups excluding carboxylic acids is 1. The minimum absolute atomic E-state index is 0.0769. The lowest BCUT2D eigenvalue weighted by Gasteiger charge is -2.32. The summed E-state index contributed by atoms with van der Waals surface area (Å²) >= 11 is 12.2. The maximum Gasteiger partial charge on any atom is 0.223 e. The van der Waals surface area contributed by atoms with Crippen molar-refractivity contribution in [1.29, 1.82) is 0 Å². The number of nitrogens with zero attached hydrogens (tertiary/aromatic N) is 1. The fourth-order valence-corrected chi connectivity index (χ4v) is 6.22. The molecule has 1 N–H and O–H groups in total. The molecule has 0 bridgehead atoms. The molecule has 1 saturated carbocycles. The fraction of sp³-hybridized carbons (Fsp3) is 0.632. The van der Waals surface area contributed by atoms with Gasteiger partial charge in [-0.2, -0.15) is 0 Å². The van der Waals surface area contributed by atoms with Crippen molar-refractivity contribution in [3.05, 3.63) is 33.8 Å². The van der Waals surface area contributed by atoms with Gasteiger partial charge in [0.2, 0.25) is 15.9 Å². The van der Waals surface area contributed by atoms with Crippen LogP contribution < -0.4 is 5.32 Å². The molecule has 5 nitrogen and oxygen atoms in total. The maximum atomic E-state index is 12.8. The standard InChI is InChI=1S/C19H26Cl2N2O3S/c20-17-7-4-8-18(21)16(17)13-27(25,26)23-11-9-14(10-12-23)19(24)22-15-5-2-1-3-6-15/h4,7-8,14-15H,1-3,5-6,9-13H2,(H,22,24). The summed E-state index contributed by atoms with van der Waals surface area (Å²) in [5.41, 5.74) is 0.429. The van der Waals surface area contributed by atoms with Gasteiger partial charge < -0.3 is 5.32 Å². The van der Waals surface area contributed by atoms with Crippen molar-refractivity contribution in [2.75, 3.05) is 13.1 Å². The zero-order valence-corrected chi connectivity index (χ0v) is 17.6. The molecule has 2 aliphatic rings. The first-order chi connectivity index (χ1) is 12.9. The van der Waals surface area contributed by atoms with E-state index < -0.39 is 10.0 Å². The summed E-state index contributed by atoms with van der Waals surface area (Å²) in [6.45, 7) is 0.709. The molecule has 1 aromatic rings. The van der Waals surface area contributed by atoms with Crippen LogP contribution in [0.4, 0.5) is 0 Å². The number of hydrogen-bond donors (Lipinski definition) is 1. The van der Waals surface area contributed by atoms with Crippen LogP contribution in [0.3, 0.4) is 0 Å². The normalized spacial score (nSPS) is 20.5. The van der Waals surface area contributed by atoms with Crippen molar-refractivity contribution in [1.82, 2.24) is 9.62 Å². The molecule has 1 amide bonds. The summed E-state index contributed by atoms with van der Waals surface area (Å²) in [5, 5.41) is 3.86. The molecule has 1 aromatic carbocycles. The number of halogens is 2. The zero-order valence-electron chi connectivity index (χ0n) is 15.3. The Morgan fingerprint density at radius 2 is 1.63 bits per heavy atom. The van der Waals surface area contributed by atoms with Crippen molar-refractivity contribution in [2.24, 2.45) is 5.92 Å². The van der Waals surface area contributed by atoms with Crippen LogP contribution in [-0.2, 0) is 20.6 Å². The van der Waals surface area contributed by atoms with Crippen molar-refractivity contribution in [3.63, 3.8) is 0 Å². The highest BCUT2D eigenvalue weighted by atomic mass is 35.5. The number of hydrogen-bond acceptors (Lipinski definition) is 3. The first-order valence-electron chi connectivity index (χ1n) is 9.58. The molecule has 0 spiro atoms. The van der Waals surface area contributed by atoms with Gasteiger partial charge in [-0.15, -0.1) is 0 Å². The molecule has 0 unspecified atom stereocenters. The molecule has 1 saturated heterocycles. The van der Waals surface area contributed by atoms with Crippen LogP contribution in [0.15, 0.2) is 18.2 Å². The third-order valence-corrected chi connectivity index (χ3v) is 8.07. The summed E-state index contributed by atoms with van der Waals surface area (Å²) in [7, 11) is -3.52. The second kappa shape index (κ2) is 9.12. The van der Waals surface area contributed by atoms with Crippen LogP contribution in [0.2, 0.25) is 10.0 Å². The third kappa shape index (κ3) is 5.37. The lowest BCUT2D eigenvalue weighted by Crippen LogP contribution is -2.46. The van der Waals surface area contributed by atoms with Crippen LogP contribution in [0.1, 0.15) is 50.5 Å². The van der Waals surface area contributed by atoms with E-state index in [0.717, 1.165) is 12.8 Å². The highest BCUT2D eigenvalue weighted by Gasteiger charge is 2.32. The minimum Gasteiger partial charge on any atom is -0.353 e. The fourth-order valence-electron chi connectivity index (χ4n) is 3.91. The predicted octanol–water partition coefficient (Wildman–Crippen LogP) is 3.98. The summed E-state index contributed by atoms with van der Waals surface area (Å²) < 4.78 is 27.0. The SMILES string of the molecule is O=C(NC1CCCCC1)C1CCN(S(=O)(=O)Cc2c(Cl)cccc2Cl)CC1. The number of nitrogens with one attached hydrogen (secondary N) is 1. The van der Waals surface area contributed by atoms with E-state index in [-0.39, 0.29) is 23.6 Å². The van der Waals surface area contributed by atoms with Crippen molar-refractivity contribution >= 4 is 39.1 Å². The highest BCUT2D eigenvalue weighted by Crippen LogP contribution is 2.29. The van der Waals surface area contributed by atoms with E-state index in [4.69, 9.17) is 23.2 Å². The zero-order chi connectivity index (χ0) is 19.4. The van der Waals surface area contributed by atoms with Gasteiger partial charge >= 0.3 is 0 Å². The molecule has 150 valence electrons. The quantitative estimate of drug-likeness (QED) is 0.764. The first kappa shape index (κ1) is 20.9. The molecule has 1 aliphatic carbocycles. The first-order valence-corrected chi connectivity index (χ1v) is 11.9. The number of carbonyl (C=O) groups is 1. The smallest absolute Gasteiger partial charge is 0.223 e. The molecule has 3 rings (SSSR count). The summed E-state index contributed by atoms with van der Waals surface area (Å²) in [5.74, 6) is -0.250. The minimum atomic E-state index is -3.52. The summed E-state index contributed by atoms with van der Waals surface area (Å²) in [6.07, 6.45) is 6.80. The average Bonchev–Trinajstić information content (AvgIpc) is 2.66. The third-order valence-electron chi connectivity index (χ3n) is 5.56. The van der Waals surface area contributed by atoms with Crippen molar-refractivity contribution in [2.45, 2.75) is 56.7 Å². The van der Waals surface area contributed by atoms with Gasteiger partial charge in [0.05, 0.1) is 5.75 Å². The van der Waals surface area contributed by atoms with E-state index in [1.807, 2.05) is 0 Å². The Morgan fingerprint density at radius 1 is 1.04 bits per heavy atom. The molecular formula is C19H26Cl2N2O3S. The van der Waals surface area contributed by atoms with Gasteiger partial charge in [-0.3, -0.25) is 4.79 Å². The second-order valence-electron chi connectivity index (χ2n) is 7.47. The Labute approximate surface area is 171 Å². The molecule has 1 aliphatic heterocycles. The number of sulfonamides is 1. The van der Waals surface area contributed by atoms with Crippen LogP contribution in [0.5, 0.6) is 0 Å². The molecule has 1 heterocycles. The predicted molar refractivity (Wildman–Crippen MR) is 108 cm³/mol. The van der Waals surface area contributed by atoms with Gasteiger partial charge in [0.25, 0.3) is 0 Å². The van der Waals surface area contributed by atoms with Crippen LogP contribution >= 0.6 is 23.2 Å². The van der Waals surface area contributed by atoms with Gasteiger partial charge in [0, 0.05) is 40.7 Å². The number of piperidine rings is 1. The van der Waals surface area contributed by atoms with E-state index in [9.17, 15) is 13.2 Å². The topological polar surface area (TPSA) is 66.5 Å². The van der Waals surface area contributed by atoms with E-state index >= 15 is 0 Å². The van der Waals surface area contributed by atoms with Gasteiger partial charge in [0.15, 0.2) is 0 Å². The van der Waals surface area contributed by atoms with Gasteiger partial charge in [-0.1, -0.05) is 48.5 Å². The van der Waals surface area contributed by atoms with E-state index in [0.29, 0.717) is 41.5 Å². The molecule has 27 heavy (non-hydrogen) atoms. The van der Waals surface area contributed by atoms with Gasteiger partial charge in [0.1, 0.15) is 0 Å². The lowest BCUT2D eigenvalue weighted by atomic mass is 9.93. The second-order valence-corrected chi connectivity index (χ2v) is 10.3. The van der Waals surface area contributed by atoms with Crippen LogP contribution in [-0.4, -0.2) is 37.8 Å². The van der Waals surface area contributed by atoms with E-state index in [2.05, 4.69) is 5.32 Å². The molecule has 0 aromatic heterocycles. The largest absolute Gasteiger partial charge is 0.353 e. The highest BCUT2D eigenvalue weighted by molar-refractivity contribution is 7.88. The molecule has 0 atom stereocenters. The Balaban J connectivity index is 1.55. The average molecular weight is 433 g/mol. The Hall–Kier alpha value is -0.820. The Kier molecular flexibility index (Phi) is 7.06. The molecule has 2 fully saturated rings.